The number of rotatable bonds is 2. The van der Waals surface area contributed by atoms with E-state index in [9.17, 15) is 4.79 Å². The Balaban J connectivity index is 1.94. The molecule has 3 heterocycles. The summed E-state index contributed by atoms with van der Waals surface area (Å²) in [5.41, 5.74) is 0.814. The van der Waals surface area contributed by atoms with Crippen LogP contribution in [0, 0.1) is 0 Å². The first-order valence-electron chi connectivity index (χ1n) is 10.0. The van der Waals surface area contributed by atoms with E-state index in [0.717, 1.165) is 30.6 Å². The van der Waals surface area contributed by atoms with E-state index in [1.165, 1.54) is 5.56 Å². The van der Waals surface area contributed by atoms with Gasteiger partial charge in [0, 0.05) is 30.5 Å². The van der Waals surface area contributed by atoms with Gasteiger partial charge in [0.1, 0.15) is 11.1 Å². The fourth-order valence-electron chi connectivity index (χ4n) is 6.18. The fraction of sp³-hybridized carbons (Fsp3) is 0.682. The predicted octanol–water partition coefficient (Wildman–Crippen LogP) is 3.61. The molecule has 1 atom stereocenters. The van der Waals surface area contributed by atoms with Crippen molar-refractivity contribution in [2.75, 3.05) is 20.8 Å². The van der Waals surface area contributed by atoms with Crippen LogP contribution in [0.4, 0.5) is 4.79 Å². The molecule has 2 saturated heterocycles. The molecule has 6 heteroatoms. The molecule has 3 aliphatic heterocycles. The molecule has 1 aromatic rings. The largest absolute Gasteiger partial charge is 0.493 e. The van der Waals surface area contributed by atoms with Gasteiger partial charge in [-0.1, -0.05) is 0 Å². The van der Waals surface area contributed by atoms with E-state index in [2.05, 4.69) is 46.0 Å². The van der Waals surface area contributed by atoms with Crippen molar-refractivity contribution in [3.05, 3.63) is 23.3 Å². The van der Waals surface area contributed by atoms with Crippen LogP contribution >= 0.6 is 0 Å². The number of piperidine rings is 1. The van der Waals surface area contributed by atoms with Crippen molar-refractivity contribution in [1.29, 1.82) is 0 Å². The minimum absolute atomic E-state index is 0.158. The number of ether oxygens (including phenoxy) is 3. The zero-order chi connectivity index (χ0) is 20.5. The van der Waals surface area contributed by atoms with E-state index >= 15 is 0 Å². The minimum atomic E-state index is -0.614. The van der Waals surface area contributed by atoms with Gasteiger partial charge in [-0.05, 0) is 64.3 Å². The van der Waals surface area contributed by atoms with E-state index in [1.807, 2.05) is 11.0 Å². The SMILES string of the molecule is COc1cc2c(cc1OC)[C@@]1(C)N(CC2)C(=O)OC12CC(C)(C)NC(C)(C)C2. The molecule has 4 rings (SSSR count). The molecule has 3 aliphatic rings. The standard InChI is InChI=1S/C22H32N2O4/c1-19(2)12-22(13-20(3,4)23-19)21(5)15-11-17(27-7)16(26-6)10-14(15)8-9-24(21)18(25)28-22/h10-11,23H,8-9,12-13H2,1-7H3/t21-/m1/s1. The maximum atomic E-state index is 13.0. The van der Waals surface area contributed by atoms with Gasteiger partial charge in [0.25, 0.3) is 0 Å². The lowest BCUT2D eigenvalue weighted by Gasteiger charge is -2.57. The third-order valence-electron chi connectivity index (χ3n) is 6.80. The summed E-state index contributed by atoms with van der Waals surface area (Å²) >= 11 is 0. The Morgan fingerprint density at radius 1 is 1.00 bits per heavy atom. The van der Waals surface area contributed by atoms with Gasteiger partial charge in [-0.15, -0.1) is 0 Å². The lowest BCUT2D eigenvalue weighted by Crippen LogP contribution is -2.69. The van der Waals surface area contributed by atoms with Gasteiger partial charge in [-0.3, -0.25) is 4.90 Å². The number of amides is 1. The Morgan fingerprint density at radius 3 is 2.14 bits per heavy atom. The molecule has 0 radical (unpaired) electrons. The van der Waals surface area contributed by atoms with Crippen LogP contribution in [-0.4, -0.2) is 48.4 Å². The minimum Gasteiger partial charge on any atom is -0.493 e. The normalized spacial score (nSPS) is 29.1. The van der Waals surface area contributed by atoms with Crippen molar-refractivity contribution in [2.24, 2.45) is 0 Å². The van der Waals surface area contributed by atoms with Gasteiger partial charge < -0.3 is 19.5 Å². The Kier molecular flexibility index (Phi) is 4.00. The maximum absolute atomic E-state index is 13.0. The summed E-state index contributed by atoms with van der Waals surface area (Å²) in [5.74, 6) is 1.41. The number of benzene rings is 1. The molecule has 28 heavy (non-hydrogen) atoms. The van der Waals surface area contributed by atoms with Gasteiger partial charge in [0.15, 0.2) is 11.5 Å². The first-order valence-corrected chi connectivity index (χ1v) is 10.0. The summed E-state index contributed by atoms with van der Waals surface area (Å²) in [5, 5.41) is 3.72. The second-order valence-electron chi connectivity index (χ2n) is 9.95. The smallest absolute Gasteiger partial charge is 0.411 e. The van der Waals surface area contributed by atoms with E-state index in [4.69, 9.17) is 14.2 Å². The zero-order valence-corrected chi connectivity index (χ0v) is 18.1. The number of fused-ring (bicyclic) bond motifs is 4. The summed E-state index contributed by atoms with van der Waals surface area (Å²) < 4.78 is 17.4. The van der Waals surface area contributed by atoms with Crippen LogP contribution in [0.15, 0.2) is 12.1 Å². The van der Waals surface area contributed by atoms with Crippen molar-refractivity contribution in [3.63, 3.8) is 0 Å². The number of hydrogen-bond acceptors (Lipinski definition) is 5. The average Bonchev–Trinajstić information content (AvgIpc) is 2.77. The first kappa shape index (κ1) is 19.4. The molecule has 1 amide bonds. The van der Waals surface area contributed by atoms with Crippen molar-refractivity contribution < 1.29 is 19.0 Å². The molecule has 0 bridgehead atoms. The summed E-state index contributed by atoms with van der Waals surface area (Å²) in [4.78, 5) is 15.0. The van der Waals surface area contributed by atoms with Crippen molar-refractivity contribution in [1.82, 2.24) is 10.2 Å². The summed E-state index contributed by atoms with van der Waals surface area (Å²) in [6.07, 6.45) is 2.06. The molecule has 1 aromatic carbocycles. The lowest BCUT2D eigenvalue weighted by molar-refractivity contribution is -0.0907. The van der Waals surface area contributed by atoms with Gasteiger partial charge in [0.2, 0.25) is 0 Å². The van der Waals surface area contributed by atoms with E-state index in [0.29, 0.717) is 12.3 Å². The van der Waals surface area contributed by atoms with E-state index in [-0.39, 0.29) is 17.2 Å². The molecular formula is C22H32N2O4. The lowest BCUT2D eigenvalue weighted by atomic mass is 9.61. The topological polar surface area (TPSA) is 60.0 Å². The Labute approximate surface area is 167 Å². The van der Waals surface area contributed by atoms with E-state index < -0.39 is 11.1 Å². The van der Waals surface area contributed by atoms with Crippen LogP contribution in [0.3, 0.4) is 0 Å². The fourth-order valence-corrected chi connectivity index (χ4v) is 6.18. The molecule has 1 spiro atoms. The highest BCUT2D eigenvalue weighted by atomic mass is 16.6. The van der Waals surface area contributed by atoms with Gasteiger partial charge in [0.05, 0.1) is 14.2 Å². The highest BCUT2D eigenvalue weighted by Crippen LogP contribution is 2.58. The number of methoxy groups -OCH3 is 2. The van der Waals surface area contributed by atoms with Crippen molar-refractivity contribution >= 4 is 6.09 Å². The first-order chi connectivity index (χ1) is 13.0. The summed E-state index contributed by atoms with van der Waals surface area (Å²) in [6.45, 7) is 11.6. The third kappa shape index (κ3) is 2.53. The van der Waals surface area contributed by atoms with Crippen LogP contribution in [-0.2, 0) is 16.7 Å². The van der Waals surface area contributed by atoms with Gasteiger partial charge >= 0.3 is 6.09 Å². The van der Waals surface area contributed by atoms with Crippen LogP contribution in [0.25, 0.3) is 0 Å². The third-order valence-corrected chi connectivity index (χ3v) is 6.80. The quantitative estimate of drug-likeness (QED) is 0.839. The zero-order valence-electron chi connectivity index (χ0n) is 18.1. The summed E-state index contributed by atoms with van der Waals surface area (Å²) in [6, 6.07) is 4.11. The highest BCUT2D eigenvalue weighted by molar-refractivity contribution is 5.75. The number of hydrogen-bond donors (Lipinski definition) is 1. The molecule has 154 valence electrons. The number of carbonyl (C=O) groups is 1. The molecule has 0 saturated carbocycles. The van der Waals surface area contributed by atoms with Crippen molar-refractivity contribution in [3.8, 4) is 11.5 Å². The summed E-state index contributed by atoms with van der Waals surface area (Å²) in [7, 11) is 3.30. The molecule has 0 unspecified atom stereocenters. The molecule has 0 aliphatic carbocycles. The number of nitrogens with one attached hydrogen (secondary N) is 1. The second kappa shape index (κ2) is 5.78. The molecule has 2 fully saturated rings. The predicted molar refractivity (Wildman–Crippen MR) is 107 cm³/mol. The van der Waals surface area contributed by atoms with Crippen LogP contribution in [0.1, 0.15) is 58.6 Å². The number of nitrogens with zero attached hydrogens (tertiary/aromatic N) is 1. The molecule has 0 aromatic heterocycles. The number of carbonyl (C=O) groups excluding carboxylic acids is 1. The average molecular weight is 389 g/mol. The maximum Gasteiger partial charge on any atom is 0.411 e. The van der Waals surface area contributed by atoms with Gasteiger partial charge in [-0.2, -0.15) is 0 Å². The monoisotopic (exact) mass is 388 g/mol. The molecule has 1 N–H and O–H groups in total. The second-order valence-corrected chi connectivity index (χ2v) is 9.95. The molecular weight excluding hydrogens is 356 g/mol. The van der Waals surface area contributed by atoms with Crippen LogP contribution < -0.4 is 14.8 Å². The van der Waals surface area contributed by atoms with Crippen molar-refractivity contribution in [2.45, 2.75) is 76.1 Å². The highest BCUT2D eigenvalue weighted by Gasteiger charge is 2.68. The Hall–Kier alpha value is -1.95. The van der Waals surface area contributed by atoms with Crippen LogP contribution in [0.2, 0.25) is 0 Å². The molecule has 6 nitrogen and oxygen atoms in total. The van der Waals surface area contributed by atoms with Crippen LogP contribution in [0.5, 0.6) is 11.5 Å². The Bertz CT molecular complexity index is 816. The van der Waals surface area contributed by atoms with E-state index in [1.54, 1.807) is 14.2 Å². The van der Waals surface area contributed by atoms with Gasteiger partial charge in [-0.25, -0.2) is 4.79 Å². The Morgan fingerprint density at radius 2 is 1.57 bits per heavy atom.